The van der Waals surface area contributed by atoms with E-state index in [2.05, 4.69) is 0 Å². The van der Waals surface area contributed by atoms with Crippen LogP contribution >= 0.6 is 0 Å². The summed E-state index contributed by atoms with van der Waals surface area (Å²) < 4.78 is 15.8. The number of hydrogen-bond acceptors (Lipinski definition) is 5. The summed E-state index contributed by atoms with van der Waals surface area (Å²) in [6.45, 7) is 1.58. The lowest BCUT2D eigenvalue weighted by atomic mass is 9.81. The summed E-state index contributed by atoms with van der Waals surface area (Å²) in [4.78, 5) is 12.3. The number of aliphatic hydroxyl groups excluding tert-OH is 1. The van der Waals surface area contributed by atoms with E-state index in [4.69, 9.17) is 14.2 Å². The third-order valence-corrected chi connectivity index (χ3v) is 3.17. The number of rotatable bonds is 3. The highest BCUT2D eigenvalue weighted by Gasteiger charge is 2.40. The molecule has 98 valence electrons. The van der Waals surface area contributed by atoms with Crippen molar-refractivity contribution >= 4 is 5.78 Å². The van der Waals surface area contributed by atoms with Crippen molar-refractivity contribution in [3.05, 3.63) is 17.7 Å². The molecule has 1 atom stereocenters. The van der Waals surface area contributed by atoms with Crippen LogP contribution in [0, 0.1) is 5.41 Å². The smallest absolute Gasteiger partial charge is 0.178 e. The first kappa shape index (κ1) is 12.7. The third kappa shape index (κ3) is 1.80. The molecule has 0 saturated heterocycles. The number of carbonyl (C=O) groups excluding carboxylic acids is 1. The minimum Gasteiger partial charge on any atom is -0.493 e. The normalized spacial score (nSPS) is 22.1. The number of ether oxygens (including phenoxy) is 3. The molecular weight excluding hydrogens is 236 g/mol. The number of ketones is 1. The molecule has 0 fully saturated rings. The maximum absolute atomic E-state index is 12.3. The topological polar surface area (TPSA) is 65.0 Å². The van der Waals surface area contributed by atoms with Crippen molar-refractivity contribution < 1.29 is 24.1 Å². The van der Waals surface area contributed by atoms with Gasteiger partial charge in [-0.05, 0) is 13.0 Å². The Morgan fingerprint density at radius 2 is 1.94 bits per heavy atom. The Balaban J connectivity index is 2.52. The van der Waals surface area contributed by atoms with Crippen molar-refractivity contribution in [2.75, 3.05) is 27.4 Å². The molecule has 5 nitrogen and oxygen atoms in total. The predicted octanol–water partition coefficient (Wildman–Crippen LogP) is 1.28. The number of aliphatic hydroxyl groups is 1. The van der Waals surface area contributed by atoms with Gasteiger partial charge in [0.05, 0.1) is 31.8 Å². The maximum atomic E-state index is 12.3. The van der Waals surface area contributed by atoms with Crippen LogP contribution in [0.1, 0.15) is 17.3 Å². The molecule has 5 heteroatoms. The molecule has 0 aliphatic carbocycles. The van der Waals surface area contributed by atoms with Crippen LogP contribution in [0.3, 0.4) is 0 Å². The molecule has 0 spiro atoms. The summed E-state index contributed by atoms with van der Waals surface area (Å²) in [5.41, 5.74) is -0.484. The van der Waals surface area contributed by atoms with E-state index in [1.807, 2.05) is 0 Å². The first-order valence-corrected chi connectivity index (χ1v) is 5.60. The minimum atomic E-state index is -0.896. The number of Topliss-reactive ketones (excluding diaryl/α,β-unsaturated/α-hetero) is 1. The summed E-state index contributed by atoms with van der Waals surface area (Å²) in [6.07, 6.45) is 0. The summed E-state index contributed by atoms with van der Waals surface area (Å²) in [6, 6.07) is 3.21. The zero-order chi connectivity index (χ0) is 13.3. The average molecular weight is 252 g/mol. The molecule has 1 unspecified atom stereocenters. The number of fused-ring (bicyclic) bond motifs is 1. The molecule has 0 aromatic heterocycles. The van der Waals surface area contributed by atoms with Crippen molar-refractivity contribution in [2.24, 2.45) is 5.41 Å². The van der Waals surface area contributed by atoms with Crippen LogP contribution in [0.2, 0.25) is 0 Å². The lowest BCUT2D eigenvalue weighted by Crippen LogP contribution is -2.41. The molecule has 1 aromatic carbocycles. The van der Waals surface area contributed by atoms with Crippen molar-refractivity contribution in [3.63, 3.8) is 0 Å². The number of benzene rings is 1. The van der Waals surface area contributed by atoms with Crippen LogP contribution < -0.4 is 14.2 Å². The first-order chi connectivity index (χ1) is 8.55. The second-order valence-electron chi connectivity index (χ2n) is 4.54. The Hall–Kier alpha value is -1.75. The summed E-state index contributed by atoms with van der Waals surface area (Å²) >= 11 is 0. The van der Waals surface area contributed by atoms with Crippen LogP contribution in [-0.2, 0) is 0 Å². The molecule has 0 radical (unpaired) electrons. The Morgan fingerprint density at radius 1 is 1.33 bits per heavy atom. The molecule has 0 bridgehead atoms. The fourth-order valence-corrected chi connectivity index (χ4v) is 1.90. The fraction of sp³-hybridized carbons (Fsp3) is 0.462. The van der Waals surface area contributed by atoms with E-state index in [1.165, 1.54) is 14.2 Å². The average Bonchev–Trinajstić information content (AvgIpc) is 2.41. The highest BCUT2D eigenvalue weighted by Crippen LogP contribution is 2.40. The van der Waals surface area contributed by atoms with Crippen molar-refractivity contribution in [2.45, 2.75) is 6.92 Å². The van der Waals surface area contributed by atoms with E-state index in [0.29, 0.717) is 22.8 Å². The van der Waals surface area contributed by atoms with Crippen molar-refractivity contribution in [3.8, 4) is 17.2 Å². The molecule has 1 aliphatic rings. The van der Waals surface area contributed by atoms with E-state index in [1.54, 1.807) is 19.1 Å². The van der Waals surface area contributed by atoms with Gasteiger partial charge in [-0.15, -0.1) is 0 Å². The zero-order valence-corrected chi connectivity index (χ0v) is 10.6. The van der Waals surface area contributed by atoms with Gasteiger partial charge >= 0.3 is 0 Å². The second-order valence-corrected chi connectivity index (χ2v) is 4.54. The van der Waals surface area contributed by atoms with E-state index in [0.717, 1.165) is 0 Å². The highest BCUT2D eigenvalue weighted by molar-refractivity contribution is 6.04. The number of methoxy groups -OCH3 is 2. The van der Waals surface area contributed by atoms with E-state index in [-0.39, 0.29) is 19.0 Å². The zero-order valence-electron chi connectivity index (χ0n) is 10.6. The molecule has 2 rings (SSSR count). The number of hydrogen-bond donors (Lipinski definition) is 1. The largest absolute Gasteiger partial charge is 0.493 e. The van der Waals surface area contributed by atoms with Gasteiger partial charge in [-0.25, -0.2) is 0 Å². The lowest BCUT2D eigenvalue weighted by Gasteiger charge is -2.31. The summed E-state index contributed by atoms with van der Waals surface area (Å²) in [5.74, 6) is 1.29. The maximum Gasteiger partial charge on any atom is 0.178 e. The van der Waals surface area contributed by atoms with Gasteiger partial charge in [0.15, 0.2) is 17.3 Å². The standard InChI is InChI=1S/C13H16O5/c1-13(6-14)7-18-9-5-11(17-3)10(16-2)4-8(9)12(13)15/h4-5,14H,6-7H2,1-3H3. The SMILES string of the molecule is COc1cc2c(cc1OC)C(=O)C(C)(CO)CO2. The van der Waals surface area contributed by atoms with Crippen LogP contribution in [0.15, 0.2) is 12.1 Å². The molecule has 1 N–H and O–H groups in total. The molecule has 1 heterocycles. The first-order valence-electron chi connectivity index (χ1n) is 5.60. The Labute approximate surface area is 105 Å². The molecular formula is C13H16O5. The Morgan fingerprint density at radius 3 is 2.50 bits per heavy atom. The monoisotopic (exact) mass is 252 g/mol. The van der Waals surface area contributed by atoms with Crippen LogP contribution in [0.4, 0.5) is 0 Å². The Bertz CT molecular complexity index is 483. The number of carbonyl (C=O) groups is 1. The van der Waals surface area contributed by atoms with Crippen molar-refractivity contribution in [1.29, 1.82) is 0 Å². The van der Waals surface area contributed by atoms with Gasteiger partial charge in [-0.1, -0.05) is 0 Å². The lowest BCUT2D eigenvalue weighted by molar-refractivity contribution is 0.0453. The van der Waals surface area contributed by atoms with Gasteiger partial charge in [0.1, 0.15) is 12.4 Å². The van der Waals surface area contributed by atoms with Gasteiger partial charge < -0.3 is 19.3 Å². The molecule has 1 aliphatic heterocycles. The van der Waals surface area contributed by atoms with Crippen LogP contribution in [-0.4, -0.2) is 38.3 Å². The van der Waals surface area contributed by atoms with E-state index in [9.17, 15) is 9.90 Å². The van der Waals surface area contributed by atoms with Gasteiger partial charge in [-0.3, -0.25) is 4.79 Å². The predicted molar refractivity (Wildman–Crippen MR) is 64.6 cm³/mol. The van der Waals surface area contributed by atoms with Gasteiger partial charge in [-0.2, -0.15) is 0 Å². The minimum absolute atomic E-state index is 0.146. The second kappa shape index (κ2) is 4.49. The van der Waals surface area contributed by atoms with E-state index >= 15 is 0 Å². The highest BCUT2D eigenvalue weighted by atomic mass is 16.5. The molecule has 0 saturated carbocycles. The fourth-order valence-electron chi connectivity index (χ4n) is 1.90. The van der Waals surface area contributed by atoms with Crippen LogP contribution in [0.5, 0.6) is 17.2 Å². The third-order valence-electron chi connectivity index (χ3n) is 3.17. The van der Waals surface area contributed by atoms with Crippen LogP contribution in [0.25, 0.3) is 0 Å². The Kier molecular flexibility index (Phi) is 3.17. The summed E-state index contributed by atoms with van der Waals surface area (Å²) in [5, 5.41) is 9.32. The van der Waals surface area contributed by atoms with Gasteiger partial charge in [0.2, 0.25) is 0 Å². The molecule has 0 amide bonds. The molecule has 1 aromatic rings. The quantitative estimate of drug-likeness (QED) is 0.877. The van der Waals surface area contributed by atoms with Crippen molar-refractivity contribution in [1.82, 2.24) is 0 Å². The molecule has 18 heavy (non-hydrogen) atoms. The van der Waals surface area contributed by atoms with Gasteiger partial charge in [0.25, 0.3) is 0 Å². The van der Waals surface area contributed by atoms with Gasteiger partial charge in [0, 0.05) is 6.07 Å². The summed E-state index contributed by atoms with van der Waals surface area (Å²) in [7, 11) is 3.02. The van der Waals surface area contributed by atoms with E-state index < -0.39 is 5.41 Å².